The summed E-state index contributed by atoms with van der Waals surface area (Å²) < 4.78 is 0. The molecule has 1 aliphatic carbocycles. The molecule has 1 heterocycles. The molecule has 1 N–H and O–H groups in total. The molecule has 0 aromatic heterocycles. The summed E-state index contributed by atoms with van der Waals surface area (Å²) in [6, 6.07) is 0.474. The lowest BCUT2D eigenvalue weighted by Crippen LogP contribution is -2.48. The Kier molecular flexibility index (Phi) is 4.65. The quantitative estimate of drug-likeness (QED) is 0.363. The first kappa shape index (κ1) is 15.9. The summed E-state index contributed by atoms with van der Waals surface area (Å²) in [5, 5.41) is 4.43. The minimum absolute atomic E-state index is 0.453. The fourth-order valence-corrected chi connectivity index (χ4v) is 3.33. The van der Waals surface area contributed by atoms with Crippen molar-refractivity contribution in [3.63, 3.8) is 0 Å². The second-order valence-electron chi connectivity index (χ2n) is 6.71. The molecule has 112 valence electrons. The first-order valence-corrected chi connectivity index (χ1v) is 7.66. The van der Waals surface area contributed by atoms with Gasteiger partial charge in [0.15, 0.2) is 0 Å². The van der Waals surface area contributed by atoms with E-state index in [9.17, 15) is 0 Å². The fourth-order valence-electron chi connectivity index (χ4n) is 3.33. The summed E-state index contributed by atoms with van der Waals surface area (Å²) in [6.07, 6.45) is 5.46. The maximum atomic E-state index is 5.97. The second-order valence-corrected chi connectivity index (χ2v) is 6.71. The van der Waals surface area contributed by atoms with Gasteiger partial charge in [0.25, 0.3) is 0 Å². The summed E-state index contributed by atoms with van der Waals surface area (Å²) in [5.41, 5.74) is 7.55. The maximum absolute atomic E-state index is 5.97. The highest BCUT2D eigenvalue weighted by Crippen LogP contribution is 2.48. The molecular weight excluding hydrogens is 257 g/mol. The highest BCUT2D eigenvalue weighted by Gasteiger charge is 2.48. The molecule has 3 nitrogen and oxygen atoms in total. The van der Waals surface area contributed by atoms with E-state index in [1.807, 2.05) is 26.8 Å². The van der Waals surface area contributed by atoms with E-state index in [4.69, 9.17) is 7.85 Å². The number of hydrazone groups is 1. The van der Waals surface area contributed by atoms with Gasteiger partial charge in [-0.3, -0.25) is 0 Å². The van der Waals surface area contributed by atoms with Crippen LogP contribution in [0.25, 0.3) is 0 Å². The van der Waals surface area contributed by atoms with Crippen LogP contribution in [0.5, 0.6) is 0 Å². The Bertz CT molecular complexity index is 494. The van der Waals surface area contributed by atoms with Crippen molar-refractivity contribution in [3.8, 4) is 0 Å². The van der Waals surface area contributed by atoms with Crippen LogP contribution >= 0.6 is 0 Å². The van der Waals surface area contributed by atoms with Crippen LogP contribution in [0.4, 0.5) is 0 Å². The van der Waals surface area contributed by atoms with Crippen molar-refractivity contribution in [1.29, 1.82) is 0 Å². The molecular formula is C17H26BN3. The Balaban J connectivity index is 1.83. The zero-order valence-corrected chi connectivity index (χ0v) is 13.6. The number of nitrogens with zero attached hydrogens (tertiary/aromatic N) is 2. The Hall–Kier alpha value is -1.45. The molecule has 0 aromatic rings. The highest BCUT2D eigenvalue weighted by molar-refractivity contribution is 6.37. The van der Waals surface area contributed by atoms with Crippen molar-refractivity contribution in [3.05, 3.63) is 36.0 Å². The second kappa shape index (κ2) is 6.12. The van der Waals surface area contributed by atoms with E-state index in [2.05, 4.69) is 28.6 Å². The number of rotatable bonds is 5. The van der Waals surface area contributed by atoms with Crippen molar-refractivity contribution >= 4 is 13.6 Å². The number of hydrogen-bond donors (Lipinski definition) is 1. The number of hydrogen-bond acceptors (Lipinski definition) is 3. The summed E-state index contributed by atoms with van der Waals surface area (Å²) in [5.74, 6) is 0. The lowest BCUT2D eigenvalue weighted by Gasteiger charge is -2.45. The van der Waals surface area contributed by atoms with E-state index in [1.54, 1.807) is 0 Å². The van der Waals surface area contributed by atoms with Crippen molar-refractivity contribution in [1.82, 2.24) is 10.3 Å². The average Bonchev–Trinajstić information content (AvgIpc) is 2.86. The zero-order chi connectivity index (χ0) is 15.6. The molecule has 0 aromatic carbocycles. The molecule has 1 saturated carbocycles. The Morgan fingerprint density at radius 3 is 2.62 bits per heavy atom. The van der Waals surface area contributed by atoms with Gasteiger partial charge < -0.3 is 10.3 Å². The zero-order valence-electron chi connectivity index (χ0n) is 13.6. The van der Waals surface area contributed by atoms with Crippen LogP contribution in [0.15, 0.2) is 41.1 Å². The minimum Gasteiger partial charge on any atom is -0.371 e. The largest absolute Gasteiger partial charge is 0.371 e. The number of allylic oxidation sites excluding steroid dienone is 3. The highest BCUT2D eigenvalue weighted by atomic mass is 15.3. The van der Waals surface area contributed by atoms with Gasteiger partial charge in [0.1, 0.15) is 7.85 Å². The van der Waals surface area contributed by atoms with Crippen LogP contribution < -0.4 is 5.43 Å². The summed E-state index contributed by atoms with van der Waals surface area (Å²) in [6.45, 7) is 16.0. The van der Waals surface area contributed by atoms with Gasteiger partial charge >= 0.3 is 0 Å². The van der Waals surface area contributed by atoms with Crippen molar-refractivity contribution in [2.75, 3.05) is 13.1 Å². The minimum atomic E-state index is 0.453. The predicted molar refractivity (Wildman–Crippen MR) is 91.4 cm³/mol. The molecule has 0 bridgehead atoms. The third-order valence-corrected chi connectivity index (χ3v) is 4.78. The van der Waals surface area contributed by atoms with E-state index < -0.39 is 0 Å². The molecule has 21 heavy (non-hydrogen) atoms. The standard InChI is InChI=1S/C17H26BN3/c1-6-13(4)21-8-7-17(11-21)9-15(10-17)20-19-14(5)16(18)12(2)3/h6,15,20H,1,4,7-11H2,2-3,5H3/b19-14-. The third kappa shape index (κ3) is 3.42. The van der Waals surface area contributed by atoms with Gasteiger partial charge in [0.05, 0.1) is 5.71 Å². The molecule has 0 atom stereocenters. The lowest BCUT2D eigenvalue weighted by atomic mass is 9.65. The summed E-state index contributed by atoms with van der Waals surface area (Å²) in [7, 11) is 5.97. The van der Waals surface area contributed by atoms with Gasteiger partial charge in [-0.05, 0) is 51.5 Å². The van der Waals surface area contributed by atoms with Gasteiger partial charge in [0.2, 0.25) is 0 Å². The Morgan fingerprint density at radius 1 is 1.38 bits per heavy atom. The van der Waals surface area contributed by atoms with Gasteiger partial charge in [-0.15, -0.1) is 0 Å². The Labute approximate surface area is 130 Å². The topological polar surface area (TPSA) is 27.6 Å². The van der Waals surface area contributed by atoms with Gasteiger partial charge in [-0.2, -0.15) is 5.10 Å². The van der Waals surface area contributed by atoms with Crippen molar-refractivity contribution in [2.24, 2.45) is 10.5 Å². The van der Waals surface area contributed by atoms with E-state index >= 15 is 0 Å². The fraction of sp³-hybridized carbons (Fsp3) is 0.588. The molecule has 2 fully saturated rings. The van der Waals surface area contributed by atoms with E-state index in [-0.39, 0.29) is 0 Å². The monoisotopic (exact) mass is 283 g/mol. The van der Waals surface area contributed by atoms with Crippen molar-refractivity contribution < 1.29 is 0 Å². The summed E-state index contributed by atoms with van der Waals surface area (Å²) in [4.78, 5) is 2.35. The lowest BCUT2D eigenvalue weighted by molar-refractivity contribution is 0.0956. The molecule has 2 aliphatic rings. The van der Waals surface area contributed by atoms with Crippen LogP contribution in [-0.2, 0) is 0 Å². The van der Waals surface area contributed by atoms with Crippen molar-refractivity contribution in [2.45, 2.75) is 46.1 Å². The van der Waals surface area contributed by atoms with Crippen LogP contribution in [0, 0.1) is 5.41 Å². The van der Waals surface area contributed by atoms with Crippen LogP contribution in [0.1, 0.15) is 40.0 Å². The molecule has 0 amide bonds. The first-order valence-electron chi connectivity index (χ1n) is 7.66. The SMILES string of the molecule is [B]C(=C(C)C)/C(C)=N\NC1CC2(CCN(C(=C)C=C)C2)C1. The smallest absolute Gasteiger partial charge is 0.116 e. The normalized spacial score (nSPS) is 28.2. The number of nitrogens with one attached hydrogen (secondary N) is 1. The molecule has 0 unspecified atom stereocenters. The Morgan fingerprint density at radius 2 is 2.05 bits per heavy atom. The van der Waals surface area contributed by atoms with Crippen LogP contribution in [0.3, 0.4) is 0 Å². The molecule has 4 heteroatoms. The van der Waals surface area contributed by atoms with E-state index in [0.717, 1.165) is 35.5 Å². The molecule has 2 rings (SSSR count). The van der Waals surface area contributed by atoms with Gasteiger partial charge in [-0.25, -0.2) is 0 Å². The van der Waals surface area contributed by atoms with Crippen LogP contribution in [0.2, 0.25) is 0 Å². The first-order chi connectivity index (χ1) is 9.87. The maximum Gasteiger partial charge on any atom is 0.116 e. The van der Waals surface area contributed by atoms with Gasteiger partial charge in [0, 0.05) is 24.8 Å². The number of likely N-dealkylation sites (tertiary alicyclic amines) is 1. The van der Waals surface area contributed by atoms with Crippen LogP contribution in [-0.4, -0.2) is 37.6 Å². The van der Waals surface area contributed by atoms with E-state index in [1.165, 1.54) is 19.3 Å². The third-order valence-electron chi connectivity index (χ3n) is 4.78. The van der Waals surface area contributed by atoms with E-state index in [0.29, 0.717) is 11.5 Å². The molecule has 1 saturated heterocycles. The molecule has 1 spiro atoms. The summed E-state index contributed by atoms with van der Waals surface area (Å²) >= 11 is 0. The predicted octanol–water partition coefficient (Wildman–Crippen LogP) is 2.97. The van der Waals surface area contributed by atoms with Gasteiger partial charge in [-0.1, -0.05) is 24.2 Å². The molecule has 2 radical (unpaired) electrons. The molecule has 1 aliphatic heterocycles. The average molecular weight is 283 g/mol.